The van der Waals surface area contributed by atoms with Crippen LogP contribution in [0.5, 0.6) is 0 Å². The SMILES string of the molecule is CCC(CCCOCCCc1cccs1)c1cccc(C)n1. The molecule has 1 atom stereocenters. The number of aromatic nitrogens is 1. The lowest BCUT2D eigenvalue weighted by atomic mass is 9.96. The second kappa shape index (κ2) is 9.75. The fraction of sp³-hybridized carbons (Fsp3) is 0.526. The quantitative estimate of drug-likeness (QED) is 0.549. The highest BCUT2D eigenvalue weighted by Crippen LogP contribution is 2.23. The van der Waals surface area contributed by atoms with Crippen LogP contribution >= 0.6 is 11.3 Å². The molecule has 2 aromatic rings. The molecule has 0 aliphatic carbocycles. The number of thiophene rings is 1. The van der Waals surface area contributed by atoms with Gasteiger partial charge in [-0.15, -0.1) is 11.3 Å². The Morgan fingerprint density at radius 1 is 1.14 bits per heavy atom. The van der Waals surface area contributed by atoms with Crippen molar-refractivity contribution in [1.82, 2.24) is 4.98 Å². The van der Waals surface area contributed by atoms with E-state index in [9.17, 15) is 0 Å². The van der Waals surface area contributed by atoms with Gasteiger partial charge in [-0.3, -0.25) is 4.98 Å². The zero-order chi connectivity index (χ0) is 15.6. The number of aryl methyl sites for hydroxylation is 2. The highest BCUT2D eigenvalue weighted by Gasteiger charge is 2.10. The summed E-state index contributed by atoms with van der Waals surface area (Å²) in [5.74, 6) is 0.564. The van der Waals surface area contributed by atoms with Crippen LogP contribution in [-0.2, 0) is 11.2 Å². The largest absolute Gasteiger partial charge is 0.381 e. The Morgan fingerprint density at radius 2 is 2.00 bits per heavy atom. The molecule has 0 saturated heterocycles. The lowest BCUT2D eigenvalue weighted by Crippen LogP contribution is -2.04. The summed E-state index contributed by atoms with van der Waals surface area (Å²) < 4.78 is 5.77. The fourth-order valence-electron chi connectivity index (χ4n) is 2.69. The lowest BCUT2D eigenvalue weighted by Gasteiger charge is -2.14. The monoisotopic (exact) mass is 317 g/mol. The average Bonchev–Trinajstić information content (AvgIpc) is 3.03. The van der Waals surface area contributed by atoms with Crippen LogP contribution in [0.2, 0.25) is 0 Å². The molecule has 2 nitrogen and oxygen atoms in total. The zero-order valence-corrected chi connectivity index (χ0v) is 14.6. The van der Waals surface area contributed by atoms with Crippen molar-refractivity contribution in [3.8, 4) is 0 Å². The summed E-state index contributed by atoms with van der Waals surface area (Å²) in [5, 5.41) is 2.14. The first-order chi connectivity index (χ1) is 10.8. The minimum Gasteiger partial charge on any atom is -0.381 e. The molecule has 0 aromatic carbocycles. The number of pyridine rings is 1. The summed E-state index contributed by atoms with van der Waals surface area (Å²) in [6.07, 6.45) is 5.69. The maximum atomic E-state index is 5.77. The van der Waals surface area contributed by atoms with E-state index >= 15 is 0 Å². The third-order valence-corrected chi connectivity index (χ3v) is 4.89. The fourth-order valence-corrected chi connectivity index (χ4v) is 3.44. The van der Waals surface area contributed by atoms with Gasteiger partial charge in [-0.1, -0.05) is 19.1 Å². The molecule has 1 unspecified atom stereocenters. The van der Waals surface area contributed by atoms with E-state index < -0.39 is 0 Å². The molecule has 2 aromatic heterocycles. The van der Waals surface area contributed by atoms with Gasteiger partial charge < -0.3 is 4.74 Å². The first kappa shape index (κ1) is 17.2. The van der Waals surface area contributed by atoms with Gasteiger partial charge in [0.1, 0.15) is 0 Å². The third kappa shape index (κ3) is 5.90. The second-order valence-corrected chi connectivity index (χ2v) is 6.78. The predicted molar refractivity (Wildman–Crippen MR) is 94.7 cm³/mol. The summed E-state index contributed by atoms with van der Waals surface area (Å²) in [7, 11) is 0. The molecule has 0 fully saturated rings. The molecule has 0 N–H and O–H groups in total. The Labute approximate surface area is 138 Å². The van der Waals surface area contributed by atoms with Crippen molar-refractivity contribution < 1.29 is 4.74 Å². The number of nitrogens with zero attached hydrogens (tertiary/aromatic N) is 1. The van der Waals surface area contributed by atoms with E-state index in [1.807, 2.05) is 11.3 Å². The van der Waals surface area contributed by atoms with E-state index in [4.69, 9.17) is 4.74 Å². The van der Waals surface area contributed by atoms with Gasteiger partial charge in [-0.25, -0.2) is 0 Å². The van der Waals surface area contributed by atoms with E-state index in [2.05, 4.69) is 54.5 Å². The molecule has 0 radical (unpaired) electrons. The van der Waals surface area contributed by atoms with Crippen LogP contribution in [-0.4, -0.2) is 18.2 Å². The van der Waals surface area contributed by atoms with Crippen LogP contribution < -0.4 is 0 Å². The van der Waals surface area contributed by atoms with Crippen LogP contribution in [0.25, 0.3) is 0 Å². The maximum Gasteiger partial charge on any atom is 0.0469 e. The van der Waals surface area contributed by atoms with E-state index in [0.717, 1.165) is 51.0 Å². The highest BCUT2D eigenvalue weighted by atomic mass is 32.1. The Hall–Kier alpha value is -1.19. The lowest BCUT2D eigenvalue weighted by molar-refractivity contribution is 0.126. The first-order valence-corrected chi connectivity index (χ1v) is 9.21. The van der Waals surface area contributed by atoms with Gasteiger partial charge in [-0.05, 0) is 62.6 Å². The van der Waals surface area contributed by atoms with Crippen LogP contribution in [0, 0.1) is 6.92 Å². The Kier molecular flexibility index (Phi) is 7.61. The Balaban J connectivity index is 1.58. The molecule has 2 rings (SSSR count). The van der Waals surface area contributed by atoms with Crippen LogP contribution in [0.1, 0.15) is 54.8 Å². The van der Waals surface area contributed by atoms with Crippen LogP contribution in [0.15, 0.2) is 35.7 Å². The molecule has 0 aliphatic heterocycles. The normalized spacial score (nSPS) is 12.5. The minimum absolute atomic E-state index is 0.564. The number of ether oxygens (including phenoxy) is 1. The average molecular weight is 317 g/mol. The standard InChI is InChI=1S/C19H27NOS/c1-3-17(19-12-4-8-16(2)20-19)9-5-13-21-14-6-10-18-11-7-15-22-18/h4,7-8,11-12,15,17H,3,5-6,9-10,13-14H2,1-2H3. The second-order valence-electron chi connectivity index (χ2n) is 5.75. The van der Waals surface area contributed by atoms with Crippen LogP contribution in [0.4, 0.5) is 0 Å². The van der Waals surface area contributed by atoms with Gasteiger partial charge in [0.25, 0.3) is 0 Å². The highest BCUT2D eigenvalue weighted by molar-refractivity contribution is 7.09. The van der Waals surface area contributed by atoms with Crippen molar-refractivity contribution in [2.45, 2.75) is 51.9 Å². The topological polar surface area (TPSA) is 22.1 Å². The van der Waals surface area contributed by atoms with Crippen molar-refractivity contribution in [3.63, 3.8) is 0 Å². The molecule has 120 valence electrons. The van der Waals surface area contributed by atoms with Gasteiger partial charge in [-0.2, -0.15) is 0 Å². The van der Waals surface area contributed by atoms with Crippen molar-refractivity contribution >= 4 is 11.3 Å². The molecule has 2 heterocycles. The third-order valence-electron chi connectivity index (χ3n) is 3.95. The molecule has 0 spiro atoms. The van der Waals surface area contributed by atoms with Gasteiger partial charge in [0.15, 0.2) is 0 Å². The molecule has 0 saturated carbocycles. The Bertz CT molecular complexity index is 524. The first-order valence-electron chi connectivity index (χ1n) is 8.33. The molecule has 3 heteroatoms. The summed E-state index contributed by atoms with van der Waals surface area (Å²) in [6.45, 7) is 6.05. The van der Waals surface area contributed by atoms with Crippen molar-refractivity contribution in [3.05, 3.63) is 52.0 Å². The van der Waals surface area contributed by atoms with E-state index in [0.29, 0.717) is 5.92 Å². The van der Waals surface area contributed by atoms with Gasteiger partial charge in [0.05, 0.1) is 0 Å². The maximum absolute atomic E-state index is 5.77. The zero-order valence-electron chi connectivity index (χ0n) is 13.8. The van der Waals surface area contributed by atoms with E-state index in [-0.39, 0.29) is 0 Å². The van der Waals surface area contributed by atoms with E-state index in [1.165, 1.54) is 10.6 Å². The molecule has 0 amide bonds. The molecule has 0 aliphatic rings. The number of rotatable bonds is 10. The summed E-state index contributed by atoms with van der Waals surface area (Å²) in [6, 6.07) is 10.6. The minimum atomic E-state index is 0.564. The van der Waals surface area contributed by atoms with Gasteiger partial charge in [0.2, 0.25) is 0 Å². The summed E-state index contributed by atoms with van der Waals surface area (Å²) in [4.78, 5) is 6.12. The number of hydrogen-bond donors (Lipinski definition) is 0. The summed E-state index contributed by atoms with van der Waals surface area (Å²) >= 11 is 1.83. The van der Waals surface area contributed by atoms with Gasteiger partial charge >= 0.3 is 0 Å². The van der Waals surface area contributed by atoms with E-state index in [1.54, 1.807) is 0 Å². The summed E-state index contributed by atoms with van der Waals surface area (Å²) in [5.41, 5.74) is 2.35. The molecular weight excluding hydrogens is 290 g/mol. The number of hydrogen-bond acceptors (Lipinski definition) is 3. The molecule has 22 heavy (non-hydrogen) atoms. The van der Waals surface area contributed by atoms with Gasteiger partial charge in [0, 0.05) is 35.4 Å². The van der Waals surface area contributed by atoms with Crippen LogP contribution in [0.3, 0.4) is 0 Å². The molecule has 0 bridgehead atoms. The van der Waals surface area contributed by atoms with Crippen molar-refractivity contribution in [1.29, 1.82) is 0 Å². The van der Waals surface area contributed by atoms with Crippen molar-refractivity contribution in [2.24, 2.45) is 0 Å². The predicted octanol–water partition coefficient (Wildman–Crippen LogP) is 5.37. The smallest absolute Gasteiger partial charge is 0.0469 e. The Morgan fingerprint density at radius 3 is 2.73 bits per heavy atom. The molecular formula is C19H27NOS. The van der Waals surface area contributed by atoms with Crippen molar-refractivity contribution in [2.75, 3.05) is 13.2 Å².